The minimum absolute atomic E-state index is 0.114. The van der Waals surface area contributed by atoms with E-state index in [0.717, 1.165) is 24.1 Å². The lowest BCUT2D eigenvalue weighted by Crippen LogP contribution is -2.18. The number of para-hydroxylation sites is 2. The molecule has 5 rings (SSSR count). The van der Waals surface area contributed by atoms with Crippen LogP contribution in [0.5, 0.6) is 5.75 Å². The third kappa shape index (κ3) is 4.18. The SMILES string of the molecule is CCN(O)C1=CC(c2ccc(C(=O)Nc3ccc(-c4nc5ccccc5o4)c([O-])c3)o2)=CCC1. The lowest BCUT2D eigenvalue weighted by Gasteiger charge is -2.21. The predicted molar refractivity (Wildman–Crippen MR) is 125 cm³/mol. The summed E-state index contributed by atoms with van der Waals surface area (Å²) in [5, 5.41) is 26.5. The van der Waals surface area contributed by atoms with Gasteiger partial charge in [0.05, 0.1) is 0 Å². The molecule has 2 heterocycles. The second-order valence-corrected chi connectivity index (χ2v) is 7.87. The standard InChI is InChI=1S/C26H23N3O5/c1-2-29(32)18-7-5-6-16(14-18)22-12-13-24(33-22)25(31)27-17-10-11-19(21(30)15-17)26-28-20-8-3-4-9-23(20)34-26/h3-4,6,8-15,30,32H,2,5,7H2,1H3,(H,27,31)/p-1. The Morgan fingerprint density at radius 2 is 2.03 bits per heavy atom. The van der Waals surface area contributed by atoms with E-state index in [1.54, 1.807) is 30.3 Å². The van der Waals surface area contributed by atoms with Gasteiger partial charge < -0.3 is 19.3 Å². The molecule has 172 valence electrons. The number of carbonyl (C=O) groups excluding carboxylic acids is 1. The molecule has 0 saturated heterocycles. The van der Waals surface area contributed by atoms with Crippen molar-refractivity contribution in [2.45, 2.75) is 19.8 Å². The van der Waals surface area contributed by atoms with E-state index in [9.17, 15) is 15.1 Å². The maximum atomic E-state index is 12.7. The molecule has 4 aromatic rings. The van der Waals surface area contributed by atoms with Crippen LogP contribution in [-0.2, 0) is 0 Å². The molecule has 8 nitrogen and oxygen atoms in total. The first-order chi connectivity index (χ1) is 16.5. The summed E-state index contributed by atoms with van der Waals surface area (Å²) in [6, 6.07) is 15.1. The summed E-state index contributed by atoms with van der Waals surface area (Å²) < 4.78 is 11.4. The second-order valence-electron chi connectivity index (χ2n) is 7.87. The zero-order chi connectivity index (χ0) is 23.7. The topological polar surface area (TPSA) is 115 Å². The van der Waals surface area contributed by atoms with Crippen LogP contribution in [0.15, 0.2) is 81.3 Å². The van der Waals surface area contributed by atoms with Crippen molar-refractivity contribution in [1.82, 2.24) is 10.0 Å². The number of benzene rings is 2. The van der Waals surface area contributed by atoms with E-state index in [-0.39, 0.29) is 17.4 Å². The number of fused-ring (bicyclic) bond motifs is 1. The van der Waals surface area contributed by atoms with Crippen LogP contribution in [0.1, 0.15) is 36.1 Å². The van der Waals surface area contributed by atoms with Crippen molar-refractivity contribution in [3.8, 4) is 17.2 Å². The number of oxazole rings is 1. The molecule has 0 radical (unpaired) electrons. The van der Waals surface area contributed by atoms with Crippen molar-refractivity contribution in [3.63, 3.8) is 0 Å². The minimum Gasteiger partial charge on any atom is -0.872 e. The summed E-state index contributed by atoms with van der Waals surface area (Å²) in [5.41, 5.74) is 3.51. The number of hydrogen-bond acceptors (Lipinski definition) is 7. The fourth-order valence-electron chi connectivity index (χ4n) is 3.84. The number of amides is 1. The minimum atomic E-state index is -0.474. The van der Waals surface area contributed by atoms with Gasteiger partial charge in [-0.25, -0.2) is 4.98 Å². The van der Waals surface area contributed by atoms with Gasteiger partial charge in [-0.1, -0.05) is 24.0 Å². The number of hydroxylamine groups is 2. The van der Waals surface area contributed by atoms with E-state index in [2.05, 4.69) is 10.3 Å². The molecule has 0 spiro atoms. The number of carbonyl (C=O) groups is 1. The van der Waals surface area contributed by atoms with Gasteiger partial charge in [0.2, 0.25) is 5.89 Å². The number of hydrogen-bond donors (Lipinski definition) is 2. The third-order valence-electron chi connectivity index (χ3n) is 5.60. The smallest absolute Gasteiger partial charge is 0.291 e. The summed E-state index contributed by atoms with van der Waals surface area (Å²) in [5.74, 6) is 0.0839. The maximum absolute atomic E-state index is 12.7. The van der Waals surface area contributed by atoms with Crippen molar-refractivity contribution >= 4 is 28.3 Å². The molecule has 1 aliphatic carbocycles. The van der Waals surface area contributed by atoms with Crippen molar-refractivity contribution < 1.29 is 23.9 Å². The fourth-order valence-corrected chi connectivity index (χ4v) is 3.84. The van der Waals surface area contributed by atoms with Crippen LogP contribution in [0.2, 0.25) is 0 Å². The molecule has 0 aliphatic heterocycles. The molecule has 0 atom stereocenters. The summed E-state index contributed by atoms with van der Waals surface area (Å²) in [4.78, 5) is 17.0. The highest BCUT2D eigenvalue weighted by molar-refractivity contribution is 6.02. The van der Waals surface area contributed by atoms with Crippen molar-refractivity contribution in [2.75, 3.05) is 11.9 Å². The number of nitrogens with zero attached hydrogens (tertiary/aromatic N) is 2. The van der Waals surface area contributed by atoms with E-state index in [1.165, 1.54) is 11.1 Å². The molecule has 8 heteroatoms. The first-order valence-corrected chi connectivity index (χ1v) is 11.0. The molecule has 0 saturated carbocycles. The Kier molecular flexibility index (Phi) is 5.65. The molecule has 1 amide bonds. The number of anilines is 1. The summed E-state index contributed by atoms with van der Waals surface area (Å²) in [6.45, 7) is 2.35. The van der Waals surface area contributed by atoms with Gasteiger partial charge in [0.25, 0.3) is 5.91 Å². The first kappa shape index (κ1) is 21.5. The molecule has 0 unspecified atom stereocenters. The van der Waals surface area contributed by atoms with Gasteiger partial charge in [-0.3, -0.25) is 15.1 Å². The Balaban J connectivity index is 1.31. The van der Waals surface area contributed by atoms with Gasteiger partial charge >= 0.3 is 0 Å². The lowest BCUT2D eigenvalue weighted by molar-refractivity contribution is -0.267. The Morgan fingerprint density at radius 3 is 2.82 bits per heavy atom. The van der Waals surface area contributed by atoms with E-state index in [4.69, 9.17) is 8.83 Å². The van der Waals surface area contributed by atoms with E-state index in [0.29, 0.717) is 34.7 Å². The van der Waals surface area contributed by atoms with Crippen LogP contribution in [0, 0.1) is 0 Å². The van der Waals surface area contributed by atoms with Gasteiger partial charge in [0, 0.05) is 29.1 Å². The molecule has 34 heavy (non-hydrogen) atoms. The molecule has 2 aromatic carbocycles. The Hall–Kier alpha value is -4.30. The Morgan fingerprint density at radius 1 is 1.18 bits per heavy atom. The summed E-state index contributed by atoms with van der Waals surface area (Å²) in [6.07, 6.45) is 5.35. The van der Waals surface area contributed by atoms with E-state index < -0.39 is 5.91 Å². The average molecular weight is 456 g/mol. The number of furan rings is 1. The zero-order valence-corrected chi connectivity index (χ0v) is 18.4. The van der Waals surface area contributed by atoms with Gasteiger partial charge in [0.15, 0.2) is 11.3 Å². The quantitative estimate of drug-likeness (QED) is 0.384. The highest BCUT2D eigenvalue weighted by Crippen LogP contribution is 2.32. The molecule has 2 aromatic heterocycles. The first-order valence-electron chi connectivity index (χ1n) is 11.0. The zero-order valence-electron chi connectivity index (χ0n) is 18.4. The lowest BCUT2D eigenvalue weighted by atomic mass is 10.0. The maximum Gasteiger partial charge on any atom is 0.291 e. The molecule has 1 aliphatic rings. The summed E-state index contributed by atoms with van der Waals surface area (Å²) in [7, 11) is 0. The fraction of sp³-hybridized carbons (Fsp3) is 0.154. The van der Waals surface area contributed by atoms with Crippen LogP contribution in [-0.4, -0.2) is 27.7 Å². The van der Waals surface area contributed by atoms with Gasteiger partial charge in [0.1, 0.15) is 11.3 Å². The van der Waals surface area contributed by atoms with Crippen LogP contribution in [0.4, 0.5) is 5.69 Å². The number of nitrogens with one attached hydrogen (secondary N) is 1. The Labute approximate surface area is 195 Å². The van der Waals surface area contributed by atoms with Crippen LogP contribution in [0.25, 0.3) is 28.1 Å². The van der Waals surface area contributed by atoms with Gasteiger partial charge in [-0.15, -0.1) is 0 Å². The number of rotatable bonds is 6. The van der Waals surface area contributed by atoms with Gasteiger partial charge in [-0.05, 0) is 68.3 Å². The number of aromatic nitrogens is 1. The second kappa shape index (κ2) is 8.92. The average Bonchev–Trinajstić information content (AvgIpc) is 3.51. The predicted octanol–water partition coefficient (Wildman–Crippen LogP) is 5.19. The van der Waals surface area contributed by atoms with Crippen molar-refractivity contribution in [3.05, 3.63) is 84.0 Å². The van der Waals surface area contributed by atoms with Crippen molar-refractivity contribution in [2.24, 2.45) is 0 Å². The van der Waals surface area contributed by atoms with E-state index in [1.807, 2.05) is 37.3 Å². The van der Waals surface area contributed by atoms with Crippen molar-refractivity contribution in [1.29, 1.82) is 0 Å². The highest BCUT2D eigenvalue weighted by atomic mass is 16.5. The largest absolute Gasteiger partial charge is 0.872 e. The van der Waals surface area contributed by atoms with Gasteiger partial charge in [-0.2, -0.15) is 0 Å². The van der Waals surface area contributed by atoms with Crippen LogP contribution < -0.4 is 10.4 Å². The van der Waals surface area contributed by atoms with Crippen LogP contribution in [0.3, 0.4) is 0 Å². The summed E-state index contributed by atoms with van der Waals surface area (Å²) >= 11 is 0. The molecule has 0 bridgehead atoms. The normalized spacial score (nSPS) is 13.5. The third-order valence-corrected chi connectivity index (χ3v) is 5.60. The molecular weight excluding hydrogens is 434 g/mol. The molecule has 2 N–H and O–H groups in total. The Bertz CT molecular complexity index is 1400. The van der Waals surface area contributed by atoms with Crippen LogP contribution >= 0.6 is 0 Å². The monoisotopic (exact) mass is 456 g/mol. The number of allylic oxidation sites excluding steroid dienone is 4. The molecule has 0 fully saturated rings. The molecular formula is C26H22N3O5-. The van der Waals surface area contributed by atoms with E-state index >= 15 is 0 Å². The highest BCUT2D eigenvalue weighted by Gasteiger charge is 2.17.